The molecule has 0 unspecified atom stereocenters. The Morgan fingerprint density at radius 1 is 1.00 bits per heavy atom. The lowest BCUT2D eigenvalue weighted by Crippen LogP contribution is -2.42. The Balaban J connectivity index is 1.50. The molecule has 6 heteroatoms. The summed E-state index contributed by atoms with van der Waals surface area (Å²) < 4.78 is 0. The van der Waals surface area contributed by atoms with Crippen LogP contribution in [0.2, 0.25) is 10.0 Å². The van der Waals surface area contributed by atoms with Gasteiger partial charge in [0, 0.05) is 29.9 Å². The average Bonchev–Trinajstić information content (AvgIpc) is 2.65. The van der Waals surface area contributed by atoms with Crippen LogP contribution < -0.4 is 5.32 Å². The lowest BCUT2D eigenvalue weighted by atomic mass is 9.80. The van der Waals surface area contributed by atoms with Crippen molar-refractivity contribution >= 4 is 40.7 Å². The SMILES string of the molecule is CC1CCN(C(=O)C2CCC(C(=O)Nc3cc(Cl)ccc3Cl)CC2)CC1. The van der Waals surface area contributed by atoms with Gasteiger partial charge in [-0.25, -0.2) is 0 Å². The second kappa shape index (κ2) is 8.62. The van der Waals surface area contributed by atoms with Gasteiger partial charge < -0.3 is 10.2 Å². The minimum absolute atomic E-state index is 0.0353. The molecule has 1 saturated carbocycles. The van der Waals surface area contributed by atoms with E-state index in [0.29, 0.717) is 15.7 Å². The van der Waals surface area contributed by atoms with Crippen LogP contribution >= 0.6 is 23.2 Å². The minimum atomic E-state index is -0.0736. The Hall–Kier alpha value is -1.26. The van der Waals surface area contributed by atoms with Gasteiger partial charge in [0.05, 0.1) is 10.7 Å². The molecule has 0 aromatic heterocycles. The molecule has 4 nitrogen and oxygen atoms in total. The number of carbonyl (C=O) groups excluding carboxylic acids is 2. The highest BCUT2D eigenvalue weighted by atomic mass is 35.5. The normalized spacial score (nSPS) is 24.3. The van der Waals surface area contributed by atoms with Gasteiger partial charge >= 0.3 is 0 Å². The van der Waals surface area contributed by atoms with Crippen molar-refractivity contribution in [2.45, 2.75) is 45.4 Å². The van der Waals surface area contributed by atoms with Crippen LogP contribution in [0.15, 0.2) is 18.2 Å². The molecule has 0 spiro atoms. The molecule has 26 heavy (non-hydrogen) atoms. The van der Waals surface area contributed by atoms with E-state index in [2.05, 4.69) is 12.2 Å². The first-order valence-electron chi connectivity index (χ1n) is 9.48. The first-order valence-corrected chi connectivity index (χ1v) is 10.2. The molecular formula is C20H26Cl2N2O2. The van der Waals surface area contributed by atoms with E-state index in [-0.39, 0.29) is 23.7 Å². The number of rotatable bonds is 3. The van der Waals surface area contributed by atoms with E-state index >= 15 is 0 Å². The van der Waals surface area contributed by atoms with Crippen molar-refractivity contribution < 1.29 is 9.59 Å². The molecule has 1 saturated heterocycles. The number of nitrogens with one attached hydrogen (secondary N) is 1. The number of anilines is 1. The molecule has 1 heterocycles. The van der Waals surface area contributed by atoms with Crippen LogP contribution in [0.1, 0.15) is 45.4 Å². The zero-order valence-electron chi connectivity index (χ0n) is 15.1. The molecule has 1 aliphatic carbocycles. The summed E-state index contributed by atoms with van der Waals surface area (Å²) in [4.78, 5) is 27.3. The molecule has 0 atom stereocenters. The fraction of sp³-hybridized carbons (Fsp3) is 0.600. The standard InChI is InChI=1S/C20H26Cl2N2O2/c1-13-8-10-24(11-9-13)20(26)15-4-2-14(3-5-15)19(25)23-18-12-16(21)6-7-17(18)22/h6-7,12-15H,2-5,8-11H2,1H3,(H,23,25). The third kappa shape index (κ3) is 4.72. The largest absolute Gasteiger partial charge is 0.342 e. The number of amides is 2. The van der Waals surface area contributed by atoms with Crippen LogP contribution in [0.4, 0.5) is 5.69 Å². The van der Waals surface area contributed by atoms with Crippen molar-refractivity contribution in [3.8, 4) is 0 Å². The monoisotopic (exact) mass is 396 g/mol. The summed E-state index contributed by atoms with van der Waals surface area (Å²) in [5, 5.41) is 3.90. The Morgan fingerprint density at radius 3 is 2.27 bits per heavy atom. The van der Waals surface area contributed by atoms with Crippen LogP contribution in [0.25, 0.3) is 0 Å². The summed E-state index contributed by atoms with van der Waals surface area (Å²) >= 11 is 12.1. The molecule has 2 aliphatic rings. The Bertz CT molecular complexity index is 664. The van der Waals surface area contributed by atoms with E-state index in [1.165, 1.54) is 0 Å². The fourth-order valence-electron chi connectivity index (χ4n) is 3.92. The van der Waals surface area contributed by atoms with E-state index in [1.807, 2.05) is 4.90 Å². The van der Waals surface area contributed by atoms with Crippen LogP contribution in [0, 0.1) is 17.8 Å². The number of hydrogen-bond acceptors (Lipinski definition) is 2. The highest BCUT2D eigenvalue weighted by Crippen LogP contribution is 2.33. The van der Waals surface area contributed by atoms with E-state index < -0.39 is 0 Å². The second-order valence-corrected chi connectivity index (χ2v) is 8.51. The smallest absolute Gasteiger partial charge is 0.227 e. The molecule has 1 N–H and O–H groups in total. The second-order valence-electron chi connectivity index (χ2n) is 7.67. The van der Waals surface area contributed by atoms with Crippen LogP contribution in [-0.4, -0.2) is 29.8 Å². The highest BCUT2D eigenvalue weighted by Gasteiger charge is 2.33. The maximum Gasteiger partial charge on any atom is 0.227 e. The first kappa shape index (κ1) is 19.5. The predicted molar refractivity (Wildman–Crippen MR) is 106 cm³/mol. The zero-order chi connectivity index (χ0) is 18.7. The number of halogens is 2. The maximum absolute atomic E-state index is 12.7. The quantitative estimate of drug-likeness (QED) is 0.781. The lowest BCUT2D eigenvalue weighted by Gasteiger charge is -2.35. The van der Waals surface area contributed by atoms with Crippen molar-refractivity contribution in [1.82, 2.24) is 4.90 Å². The Morgan fingerprint density at radius 2 is 1.62 bits per heavy atom. The molecular weight excluding hydrogens is 371 g/mol. The van der Waals surface area contributed by atoms with Gasteiger partial charge in [-0.2, -0.15) is 0 Å². The van der Waals surface area contributed by atoms with Gasteiger partial charge in [-0.3, -0.25) is 9.59 Å². The third-order valence-corrected chi connectivity index (χ3v) is 6.29. The van der Waals surface area contributed by atoms with E-state index in [9.17, 15) is 9.59 Å². The Labute approximate surface area is 165 Å². The first-order chi connectivity index (χ1) is 12.4. The predicted octanol–water partition coefficient (Wildman–Crippen LogP) is 5.00. The fourth-order valence-corrected chi connectivity index (χ4v) is 4.25. The summed E-state index contributed by atoms with van der Waals surface area (Å²) in [6, 6.07) is 5.03. The van der Waals surface area contributed by atoms with Crippen molar-refractivity contribution in [2.24, 2.45) is 17.8 Å². The van der Waals surface area contributed by atoms with Crippen LogP contribution in [0.3, 0.4) is 0 Å². The van der Waals surface area contributed by atoms with Gasteiger partial charge in [0.25, 0.3) is 0 Å². The van der Waals surface area contributed by atoms with E-state index in [4.69, 9.17) is 23.2 Å². The van der Waals surface area contributed by atoms with E-state index in [1.54, 1.807) is 18.2 Å². The molecule has 1 aromatic rings. The topological polar surface area (TPSA) is 49.4 Å². The lowest BCUT2D eigenvalue weighted by molar-refractivity contribution is -0.139. The van der Waals surface area contributed by atoms with Crippen molar-refractivity contribution in [1.29, 1.82) is 0 Å². The number of likely N-dealkylation sites (tertiary alicyclic amines) is 1. The molecule has 0 bridgehead atoms. The molecule has 142 valence electrons. The number of hydrogen-bond donors (Lipinski definition) is 1. The number of carbonyl (C=O) groups is 2. The van der Waals surface area contributed by atoms with Gasteiger partial charge in [0.1, 0.15) is 0 Å². The number of nitrogens with zero attached hydrogens (tertiary/aromatic N) is 1. The summed E-state index contributed by atoms with van der Waals surface area (Å²) in [7, 11) is 0. The van der Waals surface area contributed by atoms with E-state index in [0.717, 1.165) is 57.5 Å². The zero-order valence-corrected chi connectivity index (χ0v) is 16.7. The number of piperidine rings is 1. The van der Waals surface area contributed by atoms with Crippen molar-refractivity contribution in [2.75, 3.05) is 18.4 Å². The minimum Gasteiger partial charge on any atom is -0.342 e. The molecule has 0 radical (unpaired) electrons. The molecule has 1 aromatic carbocycles. The van der Waals surface area contributed by atoms with Crippen molar-refractivity contribution in [3.05, 3.63) is 28.2 Å². The number of benzene rings is 1. The van der Waals surface area contributed by atoms with Gasteiger partial charge in [0.2, 0.25) is 11.8 Å². The van der Waals surface area contributed by atoms with Crippen molar-refractivity contribution in [3.63, 3.8) is 0 Å². The average molecular weight is 397 g/mol. The van der Waals surface area contributed by atoms with Gasteiger partial charge in [-0.15, -0.1) is 0 Å². The molecule has 1 aliphatic heterocycles. The maximum atomic E-state index is 12.7. The molecule has 2 amide bonds. The Kier molecular flexibility index (Phi) is 6.46. The van der Waals surface area contributed by atoms with Crippen LogP contribution in [0.5, 0.6) is 0 Å². The molecule has 2 fully saturated rings. The molecule has 3 rings (SSSR count). The summed E-state index contributed by atoms with van der Waals surface area (Å²) in [6.07, 6.45) is 5.25. The van der Waals surface area contributed by atoms with Gasteiger partial charge in [-0.1, -0.05) is 30.1 Å². The summed E-state index contributed by atoms with van der Waals surface area (Å²) in [5.41, 5.74) is 0.546. The summed E-state index contributed by atoms with van der Waals surface area (Å²) in [6.45, 7) is 4.01. The van der Waals surface area contributed by atoms with Gasteiger partial charge in [-0.05, 0) is 62.6 Å². The summed E-state index contributed by atoms with van der Waals surface area (Å²) in [5.74, 6) is 0.968. The van der Waals surface area contributed by atoms with Crippen LogP contribution in [-0.2, 0) is 9.59 Å². The highest BCUT2D eigenvalue weighted by molar-refractivity contribution is 6.35. The van der Waals surface area contributed by atoms with Gasteiger partial charge in [0.15, 0.2) is 0 Å². The third-order valence-electron chi connectivity index (χ3n) is 5.73.